The molecule has 0 amide bonds. The van der Waals surface area contributed by atoms with Crippen LogP contribution in [-0.4, -0.2) is 4.57 Å². The highest BCUT2D eigenvalue weighted by molar-refractivity contribution is 5.58. The van der Waals surface area contributed by atoms with Crippen molar-refractivity contribution in [3.63, 3.8) is 0 Å². The van der Waals surface area contributed by atoms with Gasteiger partial charge in [0.15, 0.2) is 0 Å². The van der Waals surface area contributed by atoms with Crippen LogP contribution in [0.3, 0.4) is 0 Å². The molecular weight excluding hydrogens is 162 g/mol. The van der Waals surface area contributed by atoms with Crippen LogP contribution in [0.4, 0.5) is 5.82 Å². The molecule has 0 unspecified atom stereocenters. The summed E-state index contributed by atoms with van der Waals surface area (Å²) in [6.07, 6.45) is 0. The fraction of sp³-hybridized carbons (Fsp3) is 0.500. The number of aromatic nitrogens is 1. The normalized spacial score (nSPS) is 10.5. The number of nitriles is 1. The van der Waals surface area contributed by atoms with E-state index < -0.39 is 0 Å². The topological polar surface area (TPSA) is 54.7 Å². The smallest absolute Gasteiger partial charge is 0.122 e. The highest BCUT2D eigenvalue weighted by atomic mass is 15.1. The zero-order chi connectivity index (χ0) is 10.2. The maximum absolute atomic E-state index is 8.88. The van der Waals surface area contributed by atoms with Crippen molar-refractivity contribution in [3.8, 4) is 6.07 Å². The van der Waals surface area contributed by atoms with Crippen LogP contribution in [0.2, 0.25) is 0 Å². The van der Waals surface area contributed by atoms with E-state index in [0.29, 0.717) is 17.4 Å². The van der Waals surface area contributed by atoms with Crippen molar-refractivity contribution >= 4 is 5.82 Å². The first kappa shape index (κ1) is 9.66. The number of nitrogens with two attached hydrogens (primary N) is 1. The zero-order valence-electron chi connectivity index (χ0n) is 8.55. The minimum absolute atomic E-state index is 0.306. The van der Waals surface area contributed by atoms with Crippen molar-refractivity contribution < 1.29 is 0 Å². The van der Waals surface area contributed by atoms with Gasteiger partial charge in [-0.2, -0.15) is 5.26 Å². The molecule has 1 aromatic heterocycles. The van der Waals surface area contributed by atoms with Crippen LogP contribution in [0, 0.1) is 25.2 Å². The van der Waals surface area contributed by atoms with Crippen molar-refractivity contribution in [1.29, 1.82) is 5.26 Å². The predicted octanol–water partition coefficient (Wildman–Crippen LogP) is 2.14. The highest BCUT2D eigenvalue weighted by Gasteiger charge is 2.16. The number of nitrogens with zero attached hydrogens (tertiary/aromatic N) is 2. The molecule has 0 aromatic carbocycles. The minimum Gasteiger partial charge on any atom is -0.384 e. The monoisotopic (exact) mass is 177 g/mol. The third-order valence-electron chi connectivity index (χ3n) is 2.42. The summed E-state index contributed by atoms with van der Waals surface area (Å²) >= 11 is 0. The van der Waals surface area contributed by atoms with Gasteiger partial charge in [0.05, 0.1) is 5.56 Å². The van der Waals surface area contributed by atoms with Crippen LogP contribution < -0.4 is 5.73 Å². The molecule has 0 fully saturated rings. The molecule has 3 nitrogen and oxygen atoms in total. The fourth-order valence-corrected chi connectivity index (χ4v) is 1.66. The molecule has 70 valence electrons. The van der Waals surface area contributed by atoms with E-state index in [0.717, 1.165) is 11.3 Å². The van der Waals surface area contributed by atoms with Gasteiger partial charge in [0.1, 0.15) is 11.9 Å². The maximum Gasteiger partial charge on any atom is 0.122 e. The summed E-state index contributed by atoms with van der Waals surface area (Å²) in [5.41, 5.74) is 8.56. The number of hydrogen-bond acceptors (Lipinski definition) is 2. The standard InChI is InChI=1S/C10H15N3/c1-6(2)13-8(4)7(3)9(5-11)10(13)12/h6H,12H2,1-4H3. The van der Waals surface area contributed by atoms with Gasteiger partial charge in [-0.15, -0.1) is 0 Å². The van der Waals surface area contributed by atoms with Gasteiger partial charge >= 0.3 is 0 Å². The largest absolute Gasteiger partial charge is 0.384 e. The molecule has 0 atom stereocenters. The molecule has 13 heavy (non-hydrogen) atoms. The van der Waals surface area contributed by atoms with E-state index in [2.05, 4.69) is 19.9 Å². The van der Waals surface area contributed by atoms with Gasteiger partial charge in [0, 0.05) is 11.7 Å². The van der Waals surface area contributed by atoms with Gasteiger partial charge in [0.2, 0.25) is 0 Å². The SMILES string of the molecule is Cc1c(C#N)c(N)n(C(C)C)c1C. The van der Waals surface area contributed by atoms with Crippen molar-refractivity contribution in [2.75, 3.05) is 5.73 Å². The minimum atomic E-state index is 0.306. The molecule has 1 rings (SSSR count). The van der Waals surface area contributed by atoms with Crippen molar-refractivity contribution in [2.45, 2.75) is 33.7 Å². The summed E-state index contributed by atoms with van der Waals surface area (Å²) in [4.78, 5) is 0. The molecule has 0 radical (unpaired) electrons. The summed E-state index contributed by atoms with van der Waals surface area (Å²) < 4.78 is 1.99. The van der Waals surface area contributed by atoms with Crippen LogP contribution in [0.5, 0.6) is 0 Å². The third kappa shape index (κ3) is 1.29. The molecule has 0 aliphatic heterocycles. The third-order valence-corrected chi connectivity index (χ3v) is 2.42. The van der Waals surface area contributed by atoms with Gasteiger partial charge in [-0.05, 0) is 33.3 Å². The molecule has 1 aromatic rings. The van der Waals surface area contributed by atoms with Gasteiger partial charge < -0.3 is 10.3 Å². The van der Waals surface area contributed by atoms with Gasteiger partial charge in [0.25, 0.3) is 0 Å². The van der Waals surface area contributed by atoms with E-state index >= 15 is 0 Å². The van der Waals surface area contributed by atoms with Gasteiger partial charge in [-0.25, -0.2) is 0 Å². The number of nitrogen functional groups attached to an aromatic ring is 1. The van der Waals surface area contributed by atoms with Crippen LogP contribution in [0.1, 0.15) is 36.7 Å². The molecule has 0 aliphatic carbocycles. The summed E-state index contributed by atoms with van der Waals surface area (Å²) in [7, 11) is 0. The Bertz CT molecular complexity index is 367. The Morgan fingerprint density at radius 2 is 1.92 bits per heavy atom. The lowest BCUT2D eigenvalue weighted by Gasteiger charge is -2.12. The van der Waals surface area contributed by atoms with E-state index in [1.807, 2.05) is 18.4 Å². The zero-order valence-corrected chi connectivity index (χ0v) is 8.55. The van der Waals surface area contributed by atoms with Gasteiger partial charge in [-0.1, -0.05) is 0 Å². The van der Waals surface area contributed by atoms with Gasteiger partial charge in [-0.3, -0.25) is 0 Å². The summed E-state index contributed by atoms with van der Waals surface area (Å²) in [5.74, 6) is 0.590. The Kier molecular flexibility index (Phi) is 2.33. The van der Waals surface area contributed by atoms with Crippen LogP contribution in [0.15, 0.2) is 0 Å². The second-order valence-corrected chi connectivity index (χ2v) is 3.55. The lowest BCUT2D eigenvalue weighted by Crippen LogP contribution is -2.07. The number of rotatable bonds is 1. The molecule has 1 heterocycles. The Morgan fingerprint density at radius 3 is 2.15 bits per heavy atom. The summed E-state index contributed by atoms with van der Waals surface area (Å²) in [6.45, 7) is 8.05. The first-order chi connectivity index (χ1) is 6.00. The lowest BCUT2D eigenvalue weighted by molar-refractivity contribution is 0.595. The second-order valence-electron chi connectivity index (χ2n) is 3.55. The highest BCUT2D eigenvalue weighted by Crippen LogP contribution is 2.26. The molecular formula is C10H15N3. The molecule has 3 heteroatoms. The Morgan fingerprint density at radius 1 is 1.38 bits per heavy atom. The lowest BCUT2D eigenvalue weighted by atomic mass is 10.2. The van der Waals surface area contributed by atoms with Crippen LogP contribution in [0.25, 0.3) is 0 Å². The average Bonchev–Trinajstić information content (AvgIpc) is 2.24. The second kappa shape index (κ2) is 3.14. The van der Waals surface area contributed by atoms with Crippen LogP contribution in [-0.2, 0) is 0 Å². The van der Waals surface area contributed by atoms with E-state index in [4.69, 9.17) is 11.0 Å². The molecule has 2 N–H and O–H groups in total. The summed E-state index contributed by atoms with van der Waals surface area (Å²) in [6, 6.07) is 2.44. The first-order valence-corrected chi connectivity index (χ1v) is 4.37. The number of anilines is 1. The molecule has 0 spiro atoms. The van der Waals surface area contributed by atoms with Crippen LogP contribution >= 0.6 is 0 Å². The first-order valence-electron chi connectivity index (χ1n) is 4.37. The van der Waals surface area contributed by atoms with Crippen molar-refractivity contribution in [1.82, 2.24) is 4.57 Å². The summed E-state index contributed by atoms with van der Waals surface area (Å²) in [5, 5.41) is 8.88. The Labute approximate surface area is 78.8 Å². The average molecular weight is 177 g/mol. The predicted molar refractivity (Wildman–Crippen MR) is 53.4 cm³/mol. The molecule has 0 bridgehead atoms. The van der Waals surface area contributed by atoms with Crippen molar-refractivity contribution in [3.05, 3.63) is 16.8 Å². The fourth-order valence-electron chi connectivity index (χ4n) is 1.66. The van der Waals surface area contributed by atoms with E-state index in [9.17, 15) is 0 Å². The quantitative estimate of drug-likeness (QED) is 0.714. The number of hydrogen-bond donors (Lipinski definition) is 1. The molecule has 0 aliphatic rings. The maximum atomic E-state index is 8.88. The van der Waals surface area contributed by atoms with E-state index in [-0.39, 0.29) is 0 Å². The van der Waals surface area contributed by atoms with E-state index in [1.165, 1.54) is 0 Å². The van der Waals surface area contributed by atoms with Crippen molar-refractivity contribution in [2.24, 2.45) is 0 Å². The Hall–Kier alpha value is -1.43. The molecule has 0 saturated carbocycles. The molecule has 0 saturated heterocycles. The van der Waals surface area contributed by atoms with E-state index in [1.54, 1.807) is 0 Å². The Balaban J connectivity index is 3.48.